The Hall–Kier alpha value is -5.74. The standard InChI is InChI=1S/C39H24FN3/c40-36-24-27(25-11-3-1-4-12-25)19-22-34(36)39-42-37(26-13-5-2-6-14-26)41-38(43-39)28-20-21-33-31-17-8-7-15-29(31)30-16-9-10-18-32(30)35(33)23-28/h1-24H. The maximum atomic E-state index is 15.7. The van der Waals surface area contributed by atoms with Gasteiger partial charge in [0.15, 0.2) is 17.5 Å². The van der Waals surface area contributed by atoms with E-state index in [1.165, 1.54) is 16.2 Å². The van der Waals surface area contributed by atoms with Crippen LogP contribution in [0.1, 0.15) is 0 Å². The van der Waals surface area contributed by atoms with Crippen LogP contribution in [0.5, 0.6) is 0 Å². The van der Waals surface area contributed by atoms with Crippen molar-refractivity contribution in [1.82, 2.24) is 15.0 Å². The highest BCUT2D eigenvalue weighted by atomic mass is 19.1. The fourth-order valence-corrected chi connectivity index (χ4v) is 5.90. The van der Waals surface area contributed by atoms with E-state index < -0.39 is 0 Å². The maximum Gasteiger partial charge on any atom is 0.167 e. The highest BCUT2D eigenvalue weighted by Gasteiger charge is 2.17. The second-order valence-corrected chi connectivity index (χ2v) is 10.6. The minimum absolute atomic E-state index is 0.296. The first kappa shape index (κ1) is 25.0. The van der Waals surface area contributed by atoms with Crippen molar-refractivity contribution in [2.24, 2.45) is 0 Å². The molecule has 0 aliphatic carbocycles. The molecule has 0 bridgehead atoms. The van der Waals surface area contributed by atoms with Crippen LogP contribution in [0.25, 0.3) is 77.6 Å². The zero-order valence-corrected chi connectivity index (χ0v) is 23.1. The third kappa shape index (κ3) is 4.41. The van der Waals surface area contributed by atoms with Crippen LogP contribution in [0.15, 0.2) is 146 Å². The Morgan fingerprint density at radius 2 is 0.791 bits per heavy atom. The molecule has 0 amide bonds. The third-order valence-corrected chi connectivity index (χ3v) is 7.99. The average Bonchev–Trinajstić information content (AvgIpc) is 3.08. The predicted octanol–water partition coefficient (Wildman–Crippen LogP) is 10.1. The van der Waals surface area contributed by atoms with Gasteiger partial charge in [-0.25, -0.2) is 19.3 Å². The van der Waals surface area contributed by atoms with Gasteiger partial charge in [-0.05, 0) is 61.6 Å². The van der Waals surface area contributed by atoms with E-state index in [0.717, 1.165) is 38.4 Å². The summed E-state index contributed by atoms with van der Waals surface area (Å²) in [4.78, 5) is 14.5. The van der Waals surface area contributed by atoms with Crippen molar-refractivity contribution in [3.8, 4) is 45.3 Å². The predicted molar refractivity (Wildman–Crippen MR) is 174 cm³/mol. The monoisotopic (exact) mass is 553 g/mol. The average molecular weight is 554 g/mol. The van der Waals surface area contributed by atoms with Crippen LogP contribution in [-0.2, 0) is 0 Å². The Morgan fingerprint density at radius 1 is 0.326 bits per heavy atom. The summed E-state index contributed by atoms with van der Waals surface area (Å²) in [6, 6.07) is 48.0. The molecule has 0 saturated heterocycles. The normalized spacial score (nSPS) is 11.4. The van der Waals surface area contributed by atoms with Crippen molar-refractivity contribution in [2.45, 2.75) is 0 Å². The lowest BCUT2D eigenvalue weighted by Gasteiger charge is -2.13. The minimum Gasteiger partial charge on any atom is -0.208 e. The smallest absolute Gasteiger partial charge is 0.167 e. The van der Waals surface area contributed by atoms with Gasteiger partial charge in [0.25, 0.3) is 0 Å². The van der Waals surface area contributed by atoms with E-state index in [1.54, 1.807) is 12.1 Å². The number of hydrogen-bond donors (Lipinski definition) is 0. The molecule has 1 aromatic heterocycles. The molecule has 8 aromatic rings. The first-order valence-corrected chi connectivity index (χ1v) is 14.2. The summed E-state index contributed by atoms with van der Waals surface area (Å²) in [7, 11) is 0. The summed E-state index contributed by atoms with van der Waals surface area (Å²) in [5, 5.41) is 7.07. The van der Waals surface area contributed by atoms with E-state index >= 15 is 4.39 Å². The van der Waals surface area contributed by atoms with Crippen molar-refractivity contribution < 1.29 is 4.39 Å². The Bertz CT molecular complexity index is 2260. The molecular weight excluding hydrogens is 529 g/mol. The Morgan fingerprint density at radius 3 is 1.40 bits per heavy atom. The minimum atomic E-state index is -0.381. The van der Waals surface area contributed by atoms with Gasteiger partial charge in [-0.2, -0.15) is 0 Å². The Kier molecular flexibility index (Phi) is 5.97. The van der Waals surface area contributed by atoms with Gasteiger partial charge in [0.2, 0.25) is 0 Å². The number of nitrogens with zero attached hydrogens (tertiary/aromatic N) is 3. The van der Waals surface area contributed by atoms with Crippen LogP contribution in [0.3, 0.4) is 0 Å². The highest BCUT2D eigenvalue weighted by molar-refractivity contribution is 6.25. The number of aromatic nitrogens is 3. The van der Waals surface area contributed by atoms with Crippen molar-refractivity contribution in [2.75, 3.05) is 0 Å². The molecule has 1 heterocycles. The number of benzene rings is 7. The van der Waals surface area contributed by atoms with Crippen LogP contribution in [0, 0.1) is 5.82 Å². The van der Waals surface area contributed by atoms with Crippen LogP contribution < -0.4 is 0 Å². The van der Waals surface area contributed by atoms with Crippen molar-refractivity contribution in [1.29, 1.82) is 0 Å². The number of halogens is 1. The van der Waals surface area contributed by atoms with Gasteiger partial charge in [-0.15, -0.1) is 0 Å². The van der Waals surface area contributed by atoms with Crippen LogP contribution >= 0.6 is 0 Å². The van der Waals surface area contributed by atoms with E-state index in [-0.39, 0.29) is 5.82 Å². The van der Waals surface area contributed by atoms with Crippen molar-refractivity contribution in [3.05, 3.63) is 151 Å². The topological polar surface area (TPSA) is 38.7 Å². The Balaban J connectivity index is 1.34. The van der Waals surface area contributed by atoms with Crippen LogP contribution in [-0.4, -0.2) is 15.0 Å². The fraction of sp³-hybridized carbons (Fsp3) is 0. The second kappa shape index (κ2) is 10.3. The molecule has 8 rings (SSSR count). The van der Waals surface area contributed by atoms with Gasteiger partial charge >= 0.3 is 0 Å². The molecule has 0 radical (unpaired) electrons. The first-order chi connectivity index (χ1) is 21.2. The zero-order chi connectivity index (χ0) is 28.8. The lowest BCUT2D eigenvalue weighted by molar-refractivity contribution is 0.630. The lowest BCUT2D eigenvalue weighted by atomic mass is 9.93. The molecule has 0 aliphatic rings. The number of fused-ring (bicyclic) bond motifs is 6. The summed E-state index contributed by atoms with van der Waals surface area (Å²) in [5.74, 6) is 0.906. The zero-order valence-electron chi connectivity index (χ0n) is 23.1. The van der Waals surface area contributed by atoms with E-state index in [0.29, 0.717) is 23.0 Å². The van der Waals surface area contributed by atoms with Crippen molar-refractivity contribution in [3.63, 3.8) is 0 Å². The second-order valence-electron chi connectivity index (χ2n) is 10.6. The first-order valence-electron chi connectivity index (χ1n) is 14.2. The van der Waals surface area contributed by atoms with Gasteiger partial charge in [0.05, 0.1) is 5.56 Å². The Labute approximate surface area is 248 Å². The molecule has 0 saturated carbocycles. The van der Waals surface area contributed by atoms with Crippen molar-refractivity contribution >= 4 is 32.3 Å². The molecule has 0 N–H and O–H groups in total. The lowest BCUT2D eigenvalue weighted by Crippen LogP contribution is -2.01. The summed E-state index contributed by atoms with van der Waals surface area (Å²) in [5.41, 5.74) is 3.76. The van der Waals surface area contributed by atoms with Gasteiger partial charge in [-0.1, -0.05) is 127 Å². The highest BCUT2D eigenvalue weighted by Crippen LogP contribution is 2.37. The van der Waals surface area contributed by atoms with E-state index in [9.17, 15) is 0 Å². The number of rotatable bonds is 4. The van der Waals surface area contributed by atoms with E-state index in [1.807, 2.05) is 72.8 Å². The summed E-state index contributed by atoms with van der Waals surface area (Å²) >= 11 is 0. The largest absolute Gasteiger partial charge is 0.208 e. The summed E-state index contributed by atoms with van der Waals surface area (Å²) in [6.45, 7) is 0. The number of hydrogen-bond acceptors (Lipinski definition) is 3. The maximum absolute atomic E-state index is 15.7. The quantitative estimate of drug-likeness (QED) is 0.204. The van der Waals surface area contributed by atoms with Crippen LogP contribution in [0.2, 0.25) is 0 Å². The van der Waals surface area contributed by atoms with Gasteiger partial charge in [0.1, 0.15) is 5.82 Å². The molecule has 3 nitrogen and oxygen atoms in total. The molecule has 202 valence electrons. The molecule has 43 heavy (non-hydrogen) atoms. The van der Waals surface area contributed by atoms with E-state index in [2.05, 4.69) is 60.7 Å². The third-order valence-electron chi connectivity index (χ3n) is 7.99. The molecule has 0 spiro atoms. The molecule has 0 aliphatic heterocycles. The molecule has 0 atom stereocenters. The molecule has 0 fully saturated rings. The molecule has 0 unspecified atom stereocenters. The van der Waals surface area contributed by atoms with Gasteiger partial charge in [-0.3, -0.25) is 0 Å². The molecule has 4 heteroatoms. The molecular formula is C39H24FN3. The van der Waals surface area contributed by atoms with E-state index in [4.69, 9.17) is 15.0 Å². The summed E-state index contributed by atoms with van der Waals surface area (Å²) in [6.07, 6.45) is 0. The summed E-state index contributed by atoms with van der Waals surface area (Å²) < 4.78 is 15.7. The van der Waals surface area contributed by atoms with Gasteiger partial charge < -0.3 is 0 Å². The SMILES string of the molecule is Fc1cc(-c2ccccc2)ccc1-c1nc(-c2ccccc2)nc(-c2ccc3c4ccccc4c4ccccc4c3c2)n1. The fourth-order valence-electron chi connectivity index (χ4n) is 5.90. The molecule has 7 aromatic carbocycles. The van der Waals surface area contributed by atoms with Crippen LogP contribution in [0.4, 0.5) is 4.39 Å². The van der Waals surface area contributed by atoms with Gasteiger partial charge in [0, 0.05) is 11.1 Å².